The summed E-state index contributed by atoms with van der Waals surface area (Å²) < 4.78 is 31.0. The molecule has 2 N–H and O–H groups in total. The maximum atomic E-state index is 12.6. The molecule has 6 nitrogen and oxygen atoms in total. The van der Waals surface area contributed by atoms with Gasteiger partial charge in [-0.3, -0.25) is 9.56 Å². The van der Waals surface area contributed by atoms with Crippen LogP contribution in [0.4, 0.5) is 8.78 Å². The van der Waals surface area contributed by atoms with Crippen molar-refractivity contribution in [2.24, 2.45) is 4.99 Å². The number of imidazole rings is 1. The Morgan fingerprint density at radius 2 is 2.25 bits per heavy atom. The van der Waals surface area contributed by atoms with Crippen molar-refractivity contribution in [3.63, 3.8) is 0 Å². The summed E-state index contributed by atoms with van der Waals surface area (Å²) in [5, 5.41) is 5.96. The second-order valence-electron chi connectivity index (χ2n) is 3.94. The number of hydrogen-bond acceptors (Lipinski definition) is 3. The molecule has 0 radical (unpaired) electrons. The third kappa shape index (κ3) is 3.56. The molecular weight excluding hydrogens is 268 g/mol. The van der Waals surface area contributed by atoms with E-state index in [1.807, 2.05) is 6.07 Å². The summed E-state index contributed by atoms with van der Waals surface area (Å²) in [6.45, 7) is -1.92. The smallest absolute Gasteiger partial charge is 0.319 e. The summed E-state index contributed by atoms with van der Waals surface area (Å²) >= 11 is 0. The Balaban J connectivity index is 1.86. The van der Waals surface area contributed by atoms with Crippen LogP contribution in [0, 0.1) is 0 Å². The zero-order valence-electron chi connectivity index (χ0n) is 10.9. The van der Waals surface area contributed by atoms with Crippen molar-refractivity contribution in [3.05, 3.63) is 42.4 Å². The number of aromatic nitrogens is 2. The highest BCUT2D eigenvalue weighted by Crippen LogP contribution is 2.11. The summed E-state index contributed by atoms with van der Waals surface area (Å²) in [5.41, 5.74) is 0.960. The molecule has 2 rings (SSSR count). The Morgan fingerprint density at radius 3 is 2.90 bits per heavy atom. The lowest BCUT2D eigenvalue weighted by molar-refractivity contribution is 0.0668. The van der Waals surface area contributed by atoms with E-state index in [2.05, 4.69) is 20.6 Å². The van der Waals surface area contributed by atoms with Gasteiger partial charge in [-0.1, -0.05) is 0 Å². The first-order valence-corrected chi connectivity index (χ1v) is 5.96. The Labute approximate surface area is 114 Å². The highest BCUT2D eigenvalue weighted by Gasteiger charge is 2.11. The first-order chi connectivity index (χ1) is 9.70. The number of halogens is 2. The standard InChI is InChI=1S/C12H15F2N5O/c1-15-12(17-6-9-2-5-20-8-9)18-7-10-16-3-4-19(10)11(13)14/h2-5,8,11H,6-7H2,1H3,(H2,15,17,18). The molecule has 0 fully saturated rings. The van der Waals surface area contributed by atoms with Crippen molar-refractivity contribution in [2.75, 3.05) is 7.05 Å². The molecule has 2 heterocycles. The average molecular weight is 283 g/mol. The van der Waals surface area contributed by atoms with Gasteiger partial charge in [0.25, 0.3) is 0 Å². The van der Waals surface area contributed by atoms with E-state index in [0.717, 1.165) is 10.1 Å². The Kier molecular flexibility index (Phi) is 4.70. The Morgan fingerprint density at radius 1 is 1.45 bits per heavy atom. The van der Waals surface area contributed by atoms with Gasteiger partial charge in [0.2, 0.25) is 0 Å². The molecule has 2 aromatic rings. The molecule has 0 aliphatic heterocycles. The lowest BCUT2D eigenvalue weighted by Gasteiger charge is -2.12. The molecule has 0 aliphatic rings. The minimum Gasteiger partial charge on any atom is -0.472 e. The number of alkyl halides is 2. The molecule has 20 heavy (non-hydrogen) atoms. The van der Waals surface area contributed by atoms with E-state index >= 15 is 0 Å². The third-order valence-electron chi connectivity index (χ3n) is 2.64. The molecule has 2 aromatic heterocycles. The van der Waals surface area contributed by atoms with Gasteiger partial charge in [0.05, 0.1) is 19.1 Å². The van der Waals surface area contributed by atoms with E-state index in [1.54, 1.807) is 19.6 Å². The third-order valence-corrected chi connectivity index (χ3v) is 2.64. The van der Waals surface area contributed by atoms with E-state index < -0.39 is 6.55 Å². The highest BCUT2D eigenvalue weighted by atomic mass is 19.3. The number of nitrogens with one attached hydrogen (secondary N) is 2. The summed E-state index contributed by atoms with van der Waals surface area (Å²) in [6.07, 6.45) is 5.77. The monoisotopic (exact) mass is 283 g/mol. The molecule has 0 saturated heterocycles. The van der Waals surface area contributed by atoms with Gasteiger partial charge in [-0.05, 0) is 6.07 Å². The minimum atomic E-state index is -2.60. The Bertz CT molecular complexity index is 550. The normalized spacial score (nSPS) is 11.9. The molecule has 8 heteroatoms. The molecule has 0 unspecified atom stereocenters. The van der Waals surface area contributed by atoms with Gasteiger partial charge in [0, 0.05) is 31.5 Å². The first kappa shape index (κ1) is 14.0. The molecule has 0 bridgehead atoms. The predicted octanol–water partition coefficient (Wildman–Crippen LogP) is 1.74. The van der Waals surface area contributed by atoms with Crippen molar-refractivity contribution >= 4 is 5.96 Å². The quantitative estimate of drug-likeness (QED) is 0.648. The van der Waals surface area contributed by atoms with Crippen LogP contribution in [0.15, 0.2) is 40.4 Å². The average Bonchev–Trinajstić information content (AvgIpc) is 3.09. The second kappa shape index (κ2) is 6.69. The van der Waals surface area contributed by atoms with Crippen molar-refractivity contribution in [1.29, 1.82) is 0 Å². The van der Waals surface area contributed by atoms with Gasteiger partial charge < -0.3 is 15.1 Å². The largest absolute Gasteiger partial charge is 0.472 e. The van der Waals surface area contributed by atoms with Crippen LogP contribution in [0.2, 0.25) is 0 Å². The van der Waals surface area contributed by atoms with Crippen molar-refractivity contribution in [2.45, 2.75) is 19.6 Å². The van der Waals surface area contributed by atoms with Crippen LogP contribution in [0.1, 0.15) is 17.9 Å². The van der Waals surface area contributed by atoms with Gasteiger partial charge >= 0.3 is 6.55 Å². The lowest BCUT2D eigenvalue weighted by Crippen LogP contribution is -2.36. The number of furan rings is 1. The zero-order valence-corrected chi connectivity index (χ0v) is 10.9. The maximum absolute atomic E-state index is 12.6. The van der Waals surface area contributed by atoms with E-state index in [4.69, 9.17) is 4.42 Å². The van der Waals surface area contributed by atoms with Gasteiger partial charge in [0.1, 0.15) is 5.82 Å². The molecule has 0 aromatic carbocycles. The summed E-state index contributed by atoms with van der Waals surface area (Å²) in [6, 6.07) is 1.82. The number of guanidine groups is 1. The van der Waals surface area contributed by atoms with Crippen LogP contribution in [0.3, 0.4) is 0 Å². The zero-order chi connectivity index (χ0) is 14.4. The fourth-order valence-electron chi connectivity index (χ4n) is 1.62. The van der Waals surface area contributed by atoms with Gasteiger partial charge in [-0.15, -0.1) is 0 Å². The topological polar surface area (TPSA) is 67.4 Å². The Hall–Kier alpha value is -2.38. The van der Waals surface area contributed by atoms with Crippen LogP contribution < -0.4 is 10.6 Å². The number of aliphatic imine (C=N–C) groups is 1. The number of nitrogens with zero attached hydrogens (tertiary/aromatic N) is 3. The minimum absolute atomic E-state index is 0.155. The van der Waals surface area contributed by atoms with Crippen LogP contribution in [0.25, 0.3) is 0 Å². The van der Waals surface area contributed by atoms with Crippen LogP contribution in [-0.4, -0.2) is 22.6 Å². The molecular formula is C12H15F2N5O. The van der Waals surface area contributed by atoms with Gasteiger partial charge in [0.15, 0.2) is 5.96 Å². The fraction of sp³-hybridized carbons (Fsp3) is 0.333. The molecule has 0 saturated carbocycles. The number of hydrogen-bond donors (Lipinski definition) is 2. The molecule has 0 aliphatic carbocycles. The first-order valence-electron chi connectivity index (χ1n) is 5.96. The lowest BCUT2D eigenvalue weighted by atomic mass is 10.3. The predicted molar refractivity (Wildman–Crippen MR) is 69.2 cm³/mol. The molecule has 0 atom stereocenters. The summed E-state index contributed by atoms with van der Waals surface area (Å²) in [5.74, 6) is 0.737. The summed E-state index contributed by atoms with van der Waals surface area (Å²) in [4.78, 5) is 7.88. The SMILES string of the molecule is CN=C(NCc1ccoc1)NCc1nccn1C(F)F. The van der Waals surface area contributed by atoms with E-state index in [-0.39, 0.29) is 12.4 Å². The second-order valence-corrected chi connectivity index (χ2v) is 3.94. The van der Waals surface area contributed by atoms with Crippen LogP contribution in [-0.2, 0) is 13.1 Å². The molecule has 0 spiro atoms. The highest BCUT2D eigenvalue weighted by molar-refractivity contribution is 5.79. The van der Waals surface area contributed by atoms with Crippen LogP contribution in [0.5, 0.6) is 0 Å². The fourth-order valence-corrected chi connectivity index (χ4v) is 1.62. The van der Waals surface area contributed by atoms with Gasteiger partial charge in [-0.2, -0.15) is 8.78 Å². The molecule has 0 amide bonds. The van der Waals surface area contributed by atoms with Crippen LogP contribution >= 0.6 is 0 Å². The van der Waals surface area contributed by atoms with Crippen molar-refractivity contribution in [1.82, 2.24) is 20.2 Å². The summed E-state index contributed by atoms with van der Waals surface area (Å²) in [7, 11) is 1.60. The van der Waals surface area contributed by atoms with Gasteiger partial charge in [-0.25, -0.2) is 4.98 Å². The van der Waals surface area contributed by atoms with E-state index in [0.29, 0.717) is 12.5 Å². The van der Waals surface area contributed by atoms with E-state index in [1.165, 1.54) is 12.4 Å². The van der Waals surface area contributed by atoms with Crippen molar-refractivity contribution in [3.8, 4) is 0 Å². The molecule has 108 valence electrons. The maximum Gasteiger partial charge on any atom is 0.319 e. The van der Waals surface area contributed by atoms with Crippen molar-refractivity contribution < 1.29 is 13.2 Å². The number of rotatable bonds is 5. The van der Waals surface area contributed by atoms with E-state index in [9.17, 15) is 8.78 Å².